The highest BCUT2D eigenvalue weighted by atomic mass is 35.5. The van der Waals surface area contributed by atoms with Gasteiger partial charge in [-0.1, -0.05) is 11.6 Å². The number of hydrogen-bond donors (Lipinski definition) is 1. The quantitative estimate of drug-likeness (QED) is 0.830. The Balaban J connectivity index is 1.90. The molecule has 2 aliphatic rings. The number of anilines is 2. The van der Waals surface area contributed by atoms with Crippen LogP contribution < -0.4 is 10.6 Å². The first-order chi connectivity index (χ1) is 8.66. The Bertz CT molecular complexity index is 452. The third-order valence-corrected chi connectivity index (χ3v) is 4.50. The average Bonchev–Trinajstić information content (AvgIpc) is 2.75. The third-order valence-electron chi connectivity index (χ3n) is 4.14. The third kappa shape index (κ3) is 1.91. The van der Waals surface area contributed by atoms with Gasteiger partial charge >= 0.3 is 0 Å². The van der Waals surface area contributed by atoms with Crippen molar-refractivity contribution in [1.82, 2.24) is 14.9 Å². The van der Waals surface area contributed by atoms with Crippen LogP contribution >= 0.6 is 11.6 Å². The number of nitrogens with zero attached hydrogens (tertiary/aromatic N) is 4. The van der Waals surface area contributed by atoms with Gasteiger partial charge in [-0.15, -0.1) is 0 Å². The Kier molecular flexibility index (Phi) is 3.03. The Hall–Kier alpha value is -1.07. The van der Waals surface area contributed by atoms with Crippen LogP contribution in [0.4, 0.5) is 11.6 Å². The maximum absolute atomic E-state index is 6.24. The number of piperidine rings is 1. The lowest BCUT2D eigenvalue weighted by Gasteiger charge is -2.37. The van der Waals surface area contributed by atoms with Gasteiger partial charge in [-0.25, -0.2) is 9.97 Å². The minimum Gasteiger partial charge on any atom is -0.382 e. The lowest BCUT2D eigenvalue weighted by atomic mass is 9.92. The van der Waals surface area contributed by atoms with Crippen molar-refractivity contribution in [2.24, 2.45) is 5.92 Å². The molecular formula is C12H18ClN5. The molecule has 0 aliphatic carbocycles. The van der Waals surface area contributed by atoms with Crippen LogP contribution in [0.3, 0.4) is 0 Å². The van der Waals surface area contributed by atoms with Gasteiger partial charge in [-0.2, -0.15) is 0 Å². The van der Waals surface area contributed by atoms with Crippen LogP contribution in [0.5, 0.6) is 0 Å². The molecule has 5 nitrogen and oxygen atoms in total. The molecule has 0 aromatic carbocycles. The number of likely N-dealkylation sites (N-methyl/N-ethyl adjacent to an activating group) is 1. The van der Waals surface area contributed by atoms with Crippen LogP contribution in [0.15, 0.2) is 6.33 Å². The average molecular weight is 268 g/mol. The topological polar surface area (TPSA) is 58.3 Å². The summed E-state index contributed by atoms with van der Waals surface area (Å²) in [6.45, 7) is 3.28. The Labute approximate surface area is 112 Å². The normalized spacial score (nSPS) is 28.4. The fraction of sp³-hybridized carbons (Fsp3) is 0.667. The molecule has 0 bridgehead atoms. The fourth-order valence-corrected chi connectivity index (χ4v) is 3.34. The van der Waals surface area contributed by atoms with Crippen molar-refractivity contribution < 1.29 is 0 Å². The summed E-state index contributed by atoms with van der Waals surface area (Å²) < 4.78 is 0. The fourth-order valence-electron chi connectivity index (χ4n) is 3.14. The minimum atomic E-state index is 0.370. The lowest BCUT2D eigenvalue weighted by molar-refractivity contribution is 0.208. The molecule has 0 saturated carbocycles. The van der Waals surface area contributed by atoms with Crippen molar-refractivity contribution in [3.63, 3.8) is 0 Å². The van der Waals surface area contributed by atoms with E-state index >= 15 is 0 Å². The zero-order valence-electron chi connectivity index (χ0n) is 10.5. The van der Waals surface area contributed by atoms with Gasteiger partial charge in [-0.3, -0.25) is 0 Å². The van der Waals surface area contributed by atoms with Gasteiger partial charge in [0.05, 0.1) is 0 Å². The summed E-state index contributed by atoms with van der Waals surface area (Å²) >= 11 is 6.24. The first-order valence-corrected chi connectivity index (χ1v) is 6.76. The van der Waals surface area contributed by atoms with Gasteiger partial charge in [0, 0.05) is 19.1 Å². The van der Waals surface area contributed by atoms with Crippen LogP contribution in [0, 0.1) is 5.92 Å². The van der Waals surface area contributed by atoms with Gasteiger partial charge in [0.25, 0.3) is 0 Å². The molecule has 2 atom stereocenters. The van der Waals surface area contributed by atoms with Crippen molar-refractivity contribution in [3.8, 4) is 0 Å². The van der Waals surface area contributed by atoms with E-state index in [-0.39, 0.29) is 0 Å². The van der Waals surface area contributed by atoms with Crippen LogP contribution in [0.25, 0.3) is 0 Å². The number of likely N-dealkylation sites (tertiary alicyclic amines) is 1. The van der Waals surface area contributed by atoms with E-state index in [2.05, 4.69) is 26.8 Å². The van der Waals surface area contributed by atoms with Crippen LogP contribution in [-0.2, 0) is 0 Å². The molecule has 0 unspecified atom stereocenters. The van der Waals surface area contributed by atoms with Gasteiger partial charge in [-0.05, 0) is 32.4 Å². The molecule has 2 N–H and O–H groups in total. The van der Waals surface area contributed by atoms with E-state index in [1.54, 1.807) is 0 Å². The number of nitrogen functional groups attached to an aromatic ring is 1. The summed E-state index contributed by atoms with van der Waals surface area (Å²) in [6, 6.07) is 0.510. The molecule has 18 heavy (non-hydrogen) atoms. The van der Waals surface area contributed by atoms with E-state index in [0.29, 0.717) is 16.9 Å². The molecule has 3 heterocycles. The number of aromatic nitrogens is 2. The Morgan fingerprint density at radius 1 is 1.33 bits per heavy atom. The number of fused-ring (bicyclic) bond motifs is 1. The molecule has 2 saturated heterocycles. The monoisotopic (exact) mass is 267 g/mol. The second-order valence-electron chi connectivity index (χ2n) is 5.26. The smallest absolute Gasteiger partial charge is 0.153 e. The maximum Gasteiger partial charge on any atom is 0.153 e. The summed E-state index contributed by atoms with van der Waals surface area (Å²) in [5.41, 5.74) is 5.76. The van der Waals surface area contributed by atoms with Crippen molar-refractivity contribution in [3.05, 3.63) is 11.3 Å². The predicted octanol–water partition coefficient (Wildman–Crippen LogP) is 1.24. The molecule has 1 aromatic heterocycles. The summed E-state index contributed by atoms with van der Waals surface area (Å²) in [5.74, 6) is 1.93. The SMILES string of the molecule is CN1CC[C@@H]2CCN(c3ncnc(N)c3Cl)[C@@H]2C1. The van der Waals surface area contributed by atoms with Crippen molar-refractivity contribution >= 4 is 23.2 Å². The summed E-state index contributed by atoms with van der Waals surface area (Å²) in [6.07, 6.45) is 3.98. The summed E-state index contributed by atoms with van der Waals surface area (Å²) in [4.78, 5) is 12.9. The molecule has 2 aliphatic heterocycles. The Morgan fingerprint density at radius 3 is 2.94 bits per heavy atom. The van der Waals surface area contributed by atoms with E-state index in [0.717, 1.165) is 24.8 Å². The van der Waals surface area contributed by atoms with Crippen LogP contribution in [0.2, 0.25) is 5.02 Å². The lowest BCUT2D eigenvalue weighted by Crippen LogP contribution is -2.47. The standard InChI is InChI=1S/C12H18ClN5/c1-17-4-2-8-3-5-18(9(8)6-17)12-10(13)11(14)15-7-16-12/h7-9H,2-6H2,1H3,(H2,14,15,16)/t8-,9-/m1/s1. The second-order valence-corrected chi connectivity index (χ2v) is 5.63. The van der Waals surface area contributed by atoms with Crippen LogP contribution in [0.1, 0.15) is 12.8 Å². The zero-order chi connectivity index (χ0) is 12.7. The van der Waals surface area contributed by atoms with Gasteiger partial charge in [0.2, 0.25) is 0 Å². The second kappa shape index (κ2) is 4.55. The number of rotatable bonds is 1. The summed E-state index contributed by atoms with van der Waals surface area (Å²) in [5, 5.41) is 0.492. The number of nitrogens with two attached hydrogens (primary N) is 1. The predicted molar refractivity (Wildman–Crippen MR) is 72.8 cm³/mol. The number of hydrogen-bond acceptors (Lipinski definition) is 5. The molecule has 0 radical (unpaired) electrons. The maximum atomic E-state index is 6.24. The van der Waals surface area contributed by atoms with E-state index in [9.17, 15) is 0 Å². The van der Waals surface area contributed by atoms with Crippen molar-refractivity contribution in [2.75, 3.05) is 37.3 Å². The van der Waals surface area contributed by atoms with Crippen LogP contribution in [-0.4, -0.2) is 47.6 Å². The van der Waals surface area contributed by atoms with E-state index in [4.69, 9.17) is 17.3 Å². The molecule has 3 rings (SSSR count). The van der Waals surface area contributed by atoms with E-state index in [1.165, 1.54) is 25.7 Å². The summed E-state index contributed by atoms with van der Waals surface area (Å²) in [7, 11) is 2.17. The first kappa shape index (κ1) is 12.0. The zero-order valence-corrected chi connectivity index (χ0v) is 11.3. The molecule has 2 fully saturated rings. The Morgan fingerprint density at radius 2 is 2.11 bits per heavy atom. The van der Waals surface area contributed by atoms with E-state index in [1.807, 2.05) is 0 Å². The molecular weight excluding hydrogens is 250 g/mol. The largest absolute Gasteiger partial charge is 0.382 e. The minimum absolute atomic E-state index is 0.370. The highest BCUT2D eigenvalue weighted by molar-refractivity contribution is 6.35. The van der Waals surface area contributed by atoms with Gasteiger partial charge < -0.3 is 15.5 Å². The van der Waals surface area contributed by atoms with Crippen molar-refractivity contribution in [2.45, 2.75) is 18.9 Å². The first-order valence-electron chi connectivity index (χ1n) is 6.38. The highest BCUT2D eigenvalue weighted by Gasteiger charge is 2.38. The molecule has 0 amide bonds. The number of halogens is 1. The van der Waals surface area contributed by atoms with E-state index < -0.39 is 0 Å². The molecule has 6 heteroatoms. The van der Waals surface area contributed by atoms with Gasteiger partial charge in [0.15, 0.2) is 5.82 Å². The van der Waals surface area contributed by atoms with Crippen molar-refractivity contribution in [1.29, 1.82) is 0 Å². The molecule has 1 aromatic rings. The highest BCUT2D eigenvalue weighted by Crippen LogP contribution is 2.37. The molecule has 0 spiro atoms. The molecule has 98 valence electrons. The van der Waals surface area contributed by atoms with Gasteiger partial charge in [0.1, 0.15) is 17.2 Å².